The van der Waals surface area contributed by atoms with Gasteiger partial charge in [0.05, 0.1) is 5.54 Å². The summed E-state index contributed by atoms with van der Waals surface area (Å²) in [7, 11) is 1.86. The average molecular weight is 200 g/mol. The highest BCUT2D eigenvalue weighted by atomic mass is 16.2. The topological polar surface area (TPSA) is 32.3 Å². The normalized spacial score (nSPS) is 11.9. The Bertz CT molecular complexity index is 188. The SMILES string of the molecule is CCCN(C)C(=O)C(C)(C)NC(C)C. The van der Waals surface area contributed by atoms with Gasteiger partial charge in [0.25, 0.3) is 0 Å². The van der Waals surface area contributed by atoms with Crippen LogP contribution in [0.15, 0.2) is 0 Å². The van der Waals surface area contributed by atoms with Crippen molar-refractivity contribution >= 4 is 5.91 Å². The lowest BCUT2D eigenvalue weighted by Crippen LogP contribution is -2.55. The Morgan fingerprint density at radius 3 is 2.29 bits per heavy atom. The van der Waals surface area contributed by atoms with Gasteiger partial charge in [-0.15, -0.1) is 0 Å². The number of nitrogens with one attached hydrogen (secondary N) is 1. The Morgan fingerprint density at radius 1 is 1.43 bits per heavy atom. The first-order valence-corrected chi connectivity index (χ1v) is 5.34. The molecule has 0 aromatic carbocycles. The van der Waals surface area contributed by atoms with Gasteiger partial charge in [-0.05, 0) is 34.1 Å². The second-order valence-electron chi connectivity index (χ2n) is 4.65. The van der Waals surface area contributed by atoms with Crippen LogP contribution in [0.2, 0.25) is 0 Å². The molecule has 0 saturated heterocycles. The van der Waals surface area contributed by atoms with E-state index in [4.69, 9.17) is 0 Å². The van der Waals surface area contributed by atoms with Gasteiger partial charge in [-0.25, -0.2) is 0 Å². The van der Waals surface area contributed by atoms with Crippen LogP contribution in [0.4, 0.5) is 0 Å². The van der Waals surface area contributed by atoms with E-state index in [1.54, 1.807) is 4.90 Å². The molecule has 0 aliphatic carbocycles. The van der Waals surface area contributed by atoms with Crippen LogP contribution in [0.25, 0.3) is 0 Å². The van der Waals surface area contributed by atoms with Crippen molar-refractivity contribution in [1.29, 1.82) is 0 Å². The smallest absolute Gasteiger partial charge is 0.242 e. The predicted molar refractivity (Wildman–Crippen MR) is 60.3 cm³/mol. The molecule has 1 N–H and O–H groups in total. The van der Waals surface area contributed by atoms with Gasteiger partial charge in [0.2, 0.25) is 5.91 Å². The first-order chi connectivity index (χ1) is 6.31. The van der Waals surface area contributed by atoms with Gasteiger partial charge in [-0.1, -0.05) is 6.92 Å². The van der Waals surface area contributed by atoms with E-state index in [1.165, 1.54) is 0 Å². The molecule has 0 radical (unpaired) electrons. The summed E-state index contributed by atoms with van der Waals surface area (Å²) in [4.78, 5) is 13.7. The van der Waals surface area contributed by atoms with Crippen molar-refractivity contribution in [3.8, 4) is 0 Å². The molecule has 0 unspecified atom stereocenters. The number of hydrogen-bond acceptors (Lipinski definition) is 2. The second kappa shape index (κ2) is 5.35. The van der Waals surface area contributed by atoms with Crippen molar-refractivity contribution in [2.75, 3.05) is 13.6 Å². The summed E-state index contributed by atoms with van der Waals surface area (Å²) in [5, 5.41) is 3.27. The van der Waals surface area contributed by atoms with Crippen molar-refractivity contribution in [1.82, 2.24) is 10.2 Å². The monoisotopic (exact) mass is 200 g/mol. The van der Waals surface area contributed by atoms with Gasteiger partial charge in [0.1, 0.15) is 0 Å². The first-order valence-electron chi connectivity index (χ1n) is 5.34. The number of nitrogens with zero attached hydrogens (tertiary/aromatic N) is 1. The molecule has 84 valence electrons. The summed E-state index contributed by atoms with van der Waals surface area (Å²) in [5.41, 5.74) is -0.460. The van der Waals surface area contributed by atoms with Gasteiger partial charge < -0.3 is 10.2 Å². The molecule has 0 saturated carbocycles. The maximum Gasteiger partial charge on any atom is 0.242 e. The van der Waals surface area contributed by atoms with Gasteiger partial charge in [0.15, 0.2) is 0 Å². The number of carbonyl (C=O) groups is 1. The molecule has 0 aliphatic rings. The molecule has 0 spiro atoms. The third-order valence-electron chi connectivity index (χ3n) is 2.09. The molecular formula is C11H24N2O. The number of rotatable bonds is 5. The van der Waals surface area contributed by atoms with E-state index in [2.05, 4.69) is 26.1 Å². The van der Waals surface area contributed by atoms with E-state index in [-0.39, 0.29) is 5.91 Å². The molecule has 0 atom stereocenters. The highest BCUT2D eigenvalue weighted by Gasteiger charge is 2.30. The zero-order valence-corrected chi connectivity index (χ0v) is 10.3. The van der Waals surface area contributed by atoms with Crippen molar-refractivity contribution in [2.24, 2.45) is 0 Å². The summed E-state index contributed by atoms with van der Waals surface area (Å²) < 4.78 is 0. The van der Waals surface area contributed by atoms with Crippen LogP contribution < -0.4 is 5.32 Å². The fourth-order valence-electron chi connectivity index (χ4n) is 1.70. The molecule has 3 nitrogen and oxygen atoms in total. The molecule has 0 rings (SSSR count). The van der Waals surface area contributed by atoms with E-state index in [0.717, 1.165) is 13.0 Å². The van der Waals surface area contributed by atoms with Crippen molar-refractivity contribution in [2.45, 2.75) is 52.6 Å². The predicted octanol–water partition coefficient (Wildman–Crippen LogP) is 1.63. The third kappa shape index (κ3) is 4.09. The Kier molecular flexibility index (Phi) is 5.13. The minimum absolute atomic E-state index is 0.160. The maximum absolute atomic E-state index is 12.0. The Hall–Kier alpha value is -0.570. The minimum Gasteiger partial charge on any atom is -0.344 e. The third-order valence-corrected chi connectivity index (χ3v) is 2.09. The van der Waals surface area contributed by atoms with Gasteiger partial charge in [-0.3, -0.25) is 4.79 Å². The zero-order chi connectivity index (χ0) is 11.4. The van der Waals surface area contributed by atoms with Crippen LogP contribution in [0.5, 0.6) is 0 Å². The lowest BCUT2D eigenvalue weighted by Gasteiger charge is -2.31. The van der Waals surface area contributed by atoms with Crippen molar-refractivity contribution in [3.63, 3.8) is 0 Å². The molecule has 0 bridgehead atoms. The second-order valence-corrected chi connectivity index (χ2v) is 4.65. The fraction of sp³-hybridized carbons (Fsp3) is 0.909. The van der Waals surface area contributed by atoms with E-state index < -0.39 is 5.54 Å². The molecule has 0 aromatic heterocycles. The minimum atomic E-state index is -0.460. The maximum atomic E-state index is 12.0. The molecular weight excluding hydrogens is 176 g/mol. The molecule has 1 amide bonds. The molecule has 0 aromatic rings. The summed E-state index contributed by atoms with van der Waals surface area (Å²) in [6.45, 7) is 10.9. The highest BCUT2D eigenvalue weighted by Crippen LogP contribution is 2.08. The zero-order valence-electron chi connectivity index (χ0n) is 10.3. The number of likely N-dealkylation sites (N-methyl/N-ethyl adjacent to an activating group) is 1. The lowest BCUT2D eigenvalue weighted by molar-refractivity contribution is -0.136. The summed E-state index contributed by atoms with van der Waals surface area (Å²) in [6, 6.07) is 0.323. The van der Waals surface area contributed by atoms with E-state index in [9.17, 15) is 4.79 Å². The number of amides is 1. The van der Waals surface area contributed by atoms with Gasteiger partial charge in [0, 0.05) is 19.6 Å². The highest BCUT2D eigenvalue weighted by molar-refractivity contribution is 5.85. The summed E-state index contributed by atoms with van der Waals surface area (Å²) in [5.74, 6) is 0.160. The van der Waals surface area contributed by atoms with Crippen molar-refractivity contribution < 1.29 is 4.79 Å². The number of carbonyl (C=O) groups excluding carboxylic acids is 1. The van der Waals surface area contributed by atoms with Gasteiger partial charge >= 0.3 is 0 Å². The summed E-state index contributed by atoms with van der Waals surface area (Å²) >= 11 is 0. The van der Waals surface area contributed by atoms with Crippen LogP contribution in [0.3, 0.4) is 0 Å². The van der Waals surface area contributed by atoms with Crippen molar-refractivity contribution in [3.05, 3.63) is 0 Å². The Labute approximate surface area is 87.9 Å². The average Bonchev–Trinajstić information content (AvgIpc) is 2.01. The molecule has 0 aliphatic heterocycles. The lowest BCUT2D eigenvalue weighted by atomic mass is 10.0. The van der Waals surface area contributed by atoms with E-state index in [1.807, 2.05) is 20.9 Å². The Morgan fingerprint density at radius 2 is 1.93 bits per heavy atom. The van der Waals surface area contributed by atoms with Crippen LogP contribution in [-0.2, 0) is 4.79 Å². The van der Waals surface area contributed by atoms with Gasteiger partial charge in [-0.2, -0.15) is 0 Å². The molecule has 0 heterocycles. The van der Waals surface area contributed by atoms with E-state index >= 15 is 0 Å². The first kappa shape index (κ1) is 13.4. The van der Waals surface area contributed by atoms with Crippen LogP contribution >= 0.6 is 0 Å². The van der Waals surface area contributed by atoms with E-state index in [0.29, 0.717) is 6.04 Å². The summed E-state index contributed by atoms with van der Waals surface area (Å²) in [6.07, 6.45) is 1.000. The van der Waals surface area contributed by atoms with Crippen LogP contribution in [0.1, 0.15) is 41.0 Å². The number of hydrogen-bond donors (Lipinski definition) is 1. The standard InChI is InChI=1S/C11H24N2O/c1-7-8-13(6)10(14)11(4,5)12-9(2)3/h9,12H,7-8H2,1-6H3. The molecule has 3 heteroatoms. The quantitative estimate of drug-likeness (QED) is 0.731. The largest absolute Gasteiger partial charge is 0.344 e. The van der Waals surface area contributed by atoms with Crippen LogP contribution in [-0.4, -0.2) is 36.0 Å². The van der Waals surface area contributed by atoms with Crippen LogP contribution in [0, 0.1) is 0 Å². The molecule has 14 heavy (non-hydrogen) atoms. The molecule has 0 fully saturated rings. The fourth-order valence-corrected chi connectivity index (χ4v) is 1.70. The Balaban J connectivity index is 4.33.